The maximum absolute atomic E-state index is 12.8. The van der Waals surface area contributed by atoms with Crippen LogP contribution >= 0.6 is 11.8 Å². The van der Waals surface area contributed by atoms with Gasteiger partial charge in [-0.2, -0.15) is 0 Å². The zero-order valence-electron chi connectivity index (χ0n) is 10.9. The Morgan fingerprint density at radius 2 is 1.95 bits per heavy atom. The average molecular weight is 284 g/mol. The molecule has 1 aromatic carbocycles. The molecule has 0 bridgehead atoms. The van der Waals surface area contributed by atoms with Gasteiger partial charge >= 0.3 is 6.03 Å². The summed E-state index contributed by atoms with van der Waals surface area (Å²) in [5, 5.41) is 4.76. The SMILES string of the molecule is CCNC(=O)NC(=O)CSC(C)c1ccc(F)cc1. The molecule has 1 aromatic rings. The summed E-state index contributed by atoms with van der Waals surface area (Å²) >= 11 is 1.39. The Labute approximate surface area is 116 Å². The number of hydrogen-bond acceptors (Lipinski definition) is 3. The van der Waals surface area contributed by atoms with Crippen LogP contribution in [0.15, 0.2) is 24.3 Å². The molecule has 1 rings (SSSR count). The van der Waals surface area contributed by atoms with Crippen LogP contribution in [0, 0.1) is 5.82 Å². The van der Waals surface area contributed by atoms with E-state index >= 15 is 0 Å². The molecule has 0 radical (unpaired) electrons. The third-order valence-electron chi connectivity index (χ3n) is 2.39. The van der Waals surface area contributed by atoms with Crippen molar-refractivity contribution in [2.24, 2.45) is 0 Å². The average Bonchev–Trinajstić information content (AvgIpc) is 2.37. The molecule has 0 aliphatic rings. The number of rotatable bonds is 5. The molecule has 0 aliphatic carbocycles. The van der Waals surface area contributed by atoms with Gasteiger partial charge in [-0.15, -0.1) is 11.8 Å². The van der Waals surface area contributed by atoms with E-state index in [4.69, 9.17) is 0 Å². The first kappa shape index (κ1) is 15.5. The number of hydrogen-bond donors (Lipinski definition) is 2. The van der Waals surface area contributed by atoms with Crippen molar-refractivity contribution < 1.29 is 14.0 Å². The zero-order valence-corrected chi connectivity index (χ0v) is 11.7. The number of imide groups is 1. The molecule has 0 aromatic heterocycles. The van der Waals surface area contributed by atoms with Crippen molar-refractivity contribution in [1.29, 1.82) is 0 Å². The minimum atomic E-state index is -0.484. The number of urea groups is 1. The number of benzene rings is 1. The Morgan fingerprint density at radius 3 is 2.53 bits per heavy atom. The van der Waals surface area contributed by atoms with Gasteiger partial charge in [-0.25, -0.2) is 9.18 Å². The molecule has 19 heavy (non-hydrogen) atoms. The predicted molar refractivity (Wildman–Crippen MR) is 74.5 cm³/mol. The number of amides is 3. The minimum Gasteiger partial charge on any atom is -0.338 e. The minimum absolute atomic E-state index is 0.0561. The van der Waals surface area contributed by atoms with E-state index in [0.29, 0.717) is 6.54 Å². The monoisotopic (exact) mass is 284 g/mol. The Balaban J connectivity index is 2.37. The maximum atomic E-state index is 12.8. The maximum Gasteiger partial charge on any atom is 0.321 e. The summed E-state index contributed by atoms with van der Waals surface area (Å²) in [4.78, 5) is 22.6. The first-order valence-corrected chi connectivity index (χ1v) is 7.02. The fraction of sp³-hybridized carbons (Fsp3) is 0.385. The van der Waals surface area contributed by atoms with Crippen LogP contribution in [0.4, 0.5) is 9.18 Å². The predicted octanol–water partition coefficient (Wildman–Crippen LogP) is 2.47. The Hall–Kier alpha value is -1.56. The van der Waals surface area contributed by atoms with E-state index in [2.05, 4.69) is 10.6 Å². The number of halogens is 1. The van der Waals surface area contributed by atoms with E-state index in [-0.39, 0.29) is 22.7 Å². The molecule has 3 amide bonds. The number of nitrogens with one attached hydrogen (secondary N) is 2. The molecule has 0 heterocycles. The van der Waals surface area contributed by atoms with Gasteiger partial charge in [0.05, 0.1) is 5.75 Å². The first-order valence-electron chi connectivity index (χ1n) is 5.97. The molecule has 0 saturated carbocycles. The highest BCUT2D eigenvalue weighted by Gasteiger charge is 2.11. The van der Waals surface area contributed by atoms with Crippen molar-refractivity contribution in [3.05, 3.63) is 35.6 Å². The molecular weight excluding hydrogens is 267 g/mol. The molecule has 0 saturated heterocycles. The van der Waals surface area contributed by atoms with Crippen LogP contribution < -0.4 is 10.6 Å². The van der Waals surface area contributed by atoms with Crippen LogP contribution in [-0.2, 0) is 4.79 Å². The quantitative estimate of drug-likeness (QED) is 0.873. The van der Waals surface area contributed by atoms with Gasteiger partial charge in [-0.3, -0.25) is 10.1 Å². The van der Waals surface area contributed by atoms with Gasteiger partial charge in [-0.1, -0.05) is 12.1 Å². The summed E-state index contributed by atoms with van der Waals surface area (Å²) in [5.74, 6) is -0.449. The van der Waals surface area contributed by atoms with Crippen LogP contribution in [-0.4, -0.2) is 24.2 Å². The molecule has 1 atom stereocenters. The third kappa shape index (κ3) is 5.74. The lowest BCUT2D eigenvalue weighted by Crippen LogP contribution is -2.40. The second kappa shape index (κ2) is 7.78. The Morgan fingerprint density at radius 1 is 1.32 bits per heavy atom. The van der Waals surface area contributed by atoms with Crippen LogP contribution in [0.25, 0.3) is 0 Å². The van der Waals surface area contributed by atoms with Crippen LogP contribution in [0.2, 0.25) is 0 Å². The molecule has 104 valence electrons. The van der Waals surface area contributed by atoms with Crippen LogP contribution in [0.5, 0.6) is 0 Å². The fourth-order valence-corrected chi connectivity index (χ4v) is 2.22. The summed E-state index contributed by atoms with van der Waals surface area (Å²) in [6.07, 6.45) is 0. The van der Waals surface area contributed by atoms with E-state index in [9.17, 15) is 14.0 Å². The van der Waals surface area contributed by atoms with Crippen molar-refractivity contribution in [3.8, 4) is 0 Å². The highest BCUT2D eigenvalue weighted by molar-refractivity contribution is 8.00. The Kier molecular flexibility index (Phi) is 6.35. The van der Waals surface area contributed by atoms with Crippen molar-refractivity contribution in [2.75, 3.05) is 12.3 Å². The second-order valence-corrected chi connectivity index (χ2v) is 5.24. The molecule has 0 aliphatic heterocycles. The summed E-state index contributed by atoms with van der Waals surface area (Å²) < 4.78 is 12.8. The number of carbonyl (C=O) groups excluding carboxylic acids is 2. The molecule has 0 fully saturated rings. The van der Waals surface area contributed by atoms with E-state index in [1.807, 2.05) is 6.92 Å². The second-order valence-electron chi connectivity index (χ2n) is 3.91. The summed E-state index contributed by atoms with van der Waals surface area (Å²) in [5.41, 5.74) is 0.942. The number of carbonyl (C=O) groups is 2. The highest BCUT2D eigenvalue weighted by Crippen LogP contribution is 2.27. The van der Waals surface area contributed by atoms with E-state index in [1.54, 1.807) is 19.1 Å². The molecule has 0 spiro atoms. The van der Waals surface area contributed by atoms with Gasteiger partial charge in [0.2, 0.25) is 5.91 Å². The lowest BCUT2D eigenvalue weighted by molar-refractivity contribution is -0.117. The molecular formula is C13H17FN2O2S. The van der Waals surface area contributed by atoms with Crippen LogP contribution in [0.1, 0.15) is 24.7 Å². The highest BCUT2D eigenvalue weighted by atomic mass is 32.2. The first-order chi connectivity index (χ1) is 9.02. The van der Waals surface area contributed by atoms with Gasteiger partial charge in [0.25, 0.3) is 0 Å². The van der Waals surface area contributed by atoms with Gasteiger partial charge in [0.1, 0.15) is 5.82 Å². The lowest BCUT2D eigenvalue weighted by Gasteiger charge is -2.11. The van der Waals surface area contributed by atoms with Crippen LogP contribution in [0.3, 0.4) is 0 Å². The Bertz CT molecular complexity index is 437. The van der Waals surface area contributed by atoms with Crippen molar-refractivity contribution >= 4 is 23.7 Å². The summed E-state index contributed by atoms with van der Waals surface area (Å²) in [7, 11) is 0. The smallest absolute Gasteiger partial charge is 0.321 e. The number of thioether (sulfide) groups is 1. The topological polar surface area (TPSA) is 58.2 Å². The van der Waals surface area contributed by atoms with E-state index in [0.717, 1.165) is 5.56 Å². The van der Waals surface area contributed by atoms with E-state index in [1.165, 1.54) is 23.9 Å². The molecule has 2 N–H and O–H groups in total. The normalized spacial score (nSPS) is 11.7. The zero-order chi connectivity index (χ0) is 14.3. The summed E-state index contributed by atoms with van der Waals surface area (Å²) in [6.45, 7) is 4.17. The largest absolute Gasteiger partial charge is 0.338 e. The van der Waals surface area contributed by atoms with Gasteiger partial charge in [0, 0.05) is 11.8 Å². The standard InChI is InChI=1S/C13H17FN2O2S/c1-3-15-13(18)16-12(17)8-19-9(2)10-4-6-11(14)7-5-10/h4-7,9H,3,8H2,1-2H3,(H2,15,16,17,18). The summed E-state index contributed by atoms with van der Waals surface area (Å²) in [6, 6.07) is 5.67. The van der Waals surface area contributed by atoms with E-state index < -0.39 is 6.03 Å². The van der Waals surface area contributed by atoms with Crippen molar-refractivity contribution in [3.63, 3.8) is 0 Å². The van der Waals surface area contributed by atoms with Crippen molar-refractivity contribution in [1.82, 2.24) is 10.6 Å². The third-order valence-corrected chi connectivity index (χ3v) is 3.60. The molecule has 1 unspecified atom stereocenters. The fourth-order valence-electron chi connectivity index (χ4n) is 1.40. The van der Waals surface area contributed by atoms with Gasteiger partial charge in [-0.05, 0) is 31.5 Å². The lowest BCUT2D eigenvalue weighted by atomic mass is 10.2. The molecule has 4 nitrogen and oxygen atoms in total. The molecule has 6 heteroatoms. The van der Waals surface area contributed by atoms with Gasteiger partial charge in [0.15, 0.2) is 0 Å². The van der Waals surface area contributed by atoms with Crippen molar-refractivity contribution in [2.45, 2.75) is 19.1 Å². The van der Waals surface area contributed by atoms with Gasteiger partial charge < -0.3 is 5.32 Å².